The Morgan fingerprint density at radius 1 is 1.19 bits per heavy atom. The maximum absolute atomic E-state index is 6.16. The number of halogens is 1. The maximum Gasteiger partial charge on any atom is 0.0409 e. The average Bonchev–Trinajstić information content (AvgIpc) is 2.76. The van der Waals surface area contributed by atoms with E-state index in [-0.39, 0.29) is 0 Å². The van der Waals surface area contributed by atoms with Crippen molar-refractivity contribution in [1.82, 2.24) is 10.2 Å². The van der Waals surface area contributed by atoms with Crippen molar-refractivity contribution in [2.45, 2.75) is 51.5 Å². The van der Waals surface area contributed by atoms with Gasteiger partial charge in [0.05, 0.1) is 0 Å². The lowest BCUT2D eigenvalue weighted by atomic mass is 10.0. The summed E-state index contributed by atoms with van der Waals surface area (Å²) in [7, 11) is 0. The fourth-order valence-electron chi connectivity index (χ4n) is 3.10. The van der Waals surface area contributed by atoms with Crippen LogP contribution >= 0.6 is 11.6 Å². The van der Waals surface area contributed by atoms with Crippen molar-refractivity contribution in [1.29, 1.82) is 0 Å². The molecule has 0 spiro atoms. The molecule has 0 amide bonds. The molecule has 3 heteroatoms. The van der Waals surface area contributed by atoms with Crippen LogP contribution in [0.1, 0.15) is 57.1 Å². The molecular formula is C18H29ClN2. The predicted octanol–water partition coefficient (Wildman–Crippen LogP) is 4.65. The summed E-state index contributed by atoms with van der Waals surface area (Å²) in [5.74, 6) is 0. The van der Waals surface area contributed by atoms with Crippen LogP contribution in [0.5, 0.6) is 0 Å². The smallest absolute Gasteiger partial charge is 0.0409 e. The van der Waals surface area contributed by atoms with Crippen molar-refractivity contribution in [3.63, 3.8) is 0 Å². The van der Waals surface area contributed by atoms with Gasteiger partial charge < -0.3 is 10.2 Å². The van der Waals surface area contributed by atoms with E-state index in [1.165, 1.54) is 63.7 Å². The number of nitrogens with zero attached hydrogens (tertiary/aromatic N) is 1. The first-order valence-electron chi connectivity index (χ1n) is 8.51. The van der Waals surface area contributed by atoms with Gasteiger partial charge in [0, 0.05) is 11.1 Å². The maximum atomic E-state index is 6.16. The Morgan fingerprint density at radius 2 is 1.95 bits per heavy atom. The van der Waals surface area contributed by atoms with Crippen LogP contribution in [-0.4, -0.2) is 31.1 Å². The molecule has 0 saturated carbocycles. The molecule has 21 heavy (non-hydrogen) atoms. The van der Waals surface area contributed by atoms with Gasteiger partial charge in [-0.3, -0.25) is 0 Å². The highest BCUT2D eigenvalue weighted by molar-refractivity contribution is 6.30. The summed E-state index contributed by atoms with van der Waals surface area (Å²) in [5, 5.41) is 4.52. The van der Waals surface area contributed by atoms with Crippen LogP contribution in [0.2, 0.25) is 5.02 Å². The molecule has 1 saturated heterocycles. The Kier molecular flexibility index (Phi) is 7.56. The highest BCUT2D eigenvalue weighted by atomic mass is 35.5. The van der Waals surface area contributed by atoms with Gasteiger partial charge in [0.15, 0.2) is 0 Å². The Labute approximate surface area is 134 Å². The first-order valence-corrected chi connectivity index (χ1v) is 8.88. The van der Waals surface area contributed by atoms with Gasteiger partial charge in [0.2, 0.25) is 0 Å². The molecule has 2 nitrogen and oxygen atoms in total. The van der Waals surface area contributed by atoms with Crippen molar-refractivity contribution in [2.24, 2.45) is 0 Å². The summed E-state index contributed by atoms with van der Waals surface area (Å²) >= 11 is 6.16. The molecule has 0 bridgehead atoms. The summed E-state index contributed by atoms with van der Waals surface area (Å²) in [6.07, 6.45) is 7.88. The first-order chi connectivity index (χ1) is 10.3. The van der Waals surface area contributed by atoms with E-state index in [4.69, 9.17) is 11.6 Å². The predicted molar refractivity (Wildman–Crippen MR) is 92.0 cm³/mol. The minimum absolute atomic E-state index is 0.423. The van der Waals surface area contributed by atoms with E-state index >= 15 is 0 Å². The number of likely N-dealkylation sites (tertiary alicyclic amines) is 1. The van der Waals surface area contributed by atoms with E-state index in [1.54, 1.807) is 0 Å². The Morgan fingerprint density at radius 3 is 2.62 bits per heavy atom. The second kappa shape index (κ2) is 9.45. The van der Waals surface area contributed by atoms with Crippen molar-refractivity contribution in [3.8, 4) is 0 Å². The SMILES string of the molecule is CCCNC(CCN1CCCCCC1)c1cccc(Cl)c1. The van der Waals surface area contributed by atoms with Crippen molar-refractivity contribution < 1.29 is 0 Å². The average molecular weight is 309 g/mol. The van der Waals surface area contributed by atoms with E-state index < -0.39 is 0 Å². The van der Waals surface area contributed by atoms with E-state index in [0.717, 1.165) is 11.6 Å². The molecule has 1 aromatic rings. The molecule has 1 unspecified atom stereocenters. The van der Waals surface area contributed by atoms with E-state index in [9.17, 15) is 0 Å². The standard InChI is InChI=1S/C18H29ClN2/c1-2-11-20-18(16-8-7-9-17(19)15-16)10-14-21-12-5-3-4-6-13-21/h7-9,15,18,20H,2-6,10-14H2,1H3. The normalized spacial score (nSPS) is 18.4. The molecule has 0 aromatic heterocycles. The summed E-state index contributed by atoms with van der Waals surface area (Å²) in [4.78, 5) is 2.64. The summed E-state index contributed by atoms with van der Waals surface area (Å²) < 4.78 is 0. The second-order valence-electron chi connectivity index (χ2n) is 6.11. The molecule has 1 atom stereocenters. The molecule has 0 aliphatic carbocycles. The second-order valence-corrected chi connectivity index (χ2v) is 6.54. The lowest BCUT2D eigenvalue weighted by molar-refractivity contribution is 0.266. The highest BCUT2D eigenvalue weighted by Crippen LogP contribution is 2.21. The van der Waals surface area contributed by atoms with E-state index in [0.29, 0.717) is 6.04 Å². The van der Waals surface area contributed by atoms with Gasteiger partial charge in [-0.25, -0.2) is 0 Å². The highest BCUT2D eigenvalue weighted by Gasteiger charge is 2.14. The van der Waals surface area contributed by atoms with Gasteiger partial charge in [-0.05, 0) is 69.6 Å². The molecule has 2 rings (SSSR count). The van der Waals surface area contributed by atoms with Crippen LogP contribution in [0.3, 0.4) is 0 Å². The van der Waals surface area contributed by atoms with Crippen molar-refractivity contribution in [3.05, 3.63) is 34.9 Å². The zero-order valence-corrected chi connectivity index (χ0v) is 14.0. The lowest BCUT2D eigenvalue weighted by Crippen LogP contribution is -2.30. The molecule has 1 aliphatic heterocycles. The summed E-state index contributed by atoms with van der Waals surface area (Å²) in [6, 6.07) is 8.74. The largest absolute Gasteiger partial charge is 0.310 e. The molecule has 118 valence electrons. The van der Waals surface area contributed by atoms with E-state index in [1.807, 2.05) is 6.07 Å². The molecule has 1 N–H and O–H groups in total. The van der Waals surface area contributed by atoms with Crippen molar-refractivity contribution >= 4 is 11.6 Å². The third-order valence-corrected chi connectivity index (χ3v) is 4.56. The molecule has 1 heterocycles. The number of benzene rings is 1. The minimum Gasteiger partial charge on any atom is -0.310 e. The van der Waals surface area contributed by atoms with Crippen LogP contribution < -0.4 is 5.32 Å². The molecule has 1 fully saturated rings. The van der Waals surface area contributed by atoms with Gasteiger partial charge in [0.25, 0.3) is 0 Å². The third kappa shape index (κ3) is 5.98. The zero-order chi connectivity index (χ0) is 14.9. The zero-order valence-electron chi connectivity index (χ0n) is 13.3. The number of rotatable bonds is 7. The van der Waals surface area contributed by atoms with Crippen molar-refractivity contribution in [2.75, 3.05) is 26.2 Å². The Hall–Kier alpha value is -0.570. The number of hydrogen-bond acceptors (Lipinski definition) is 2. The number of nitrogens with one attached hydrogen (secondary N) is 1. The monoisotopic (exact) mass is 308 g/mol. The van der Waals surface area contributed by atoms with E-state index in [2.05, 4.69) is 35.3 Å². The summed E-state index contributed by atoms with van der Waals surface area (Å²) in [6.45, 7) is 7.02. The van der Waals surface area contributed by atoms with Crippen LogP contribution in [0.4, 0.5) is 0 Å². The van der Waals surface area contributed by atoms with Gasteiger partial charge >= 0.3 is 0 Å². The fourth-order valence-corrected chi connectivity index (χ4v) is 3.30. The lowest BCUT2D eigenvalue weighted by Gasteiger charge is -2.25. The van der Waals surface area contributed by atoms with Crippen LogP contribution in [0.25, 0.3) is 0 Å². The first kappa shape index (κ1) is 16.8. The van der Waals surface area contributed by atoms with Gasteiger partial charge in [-0.2, -0.15) is 0 Å². The quantitative estimate of drug-likeness (QED) is 0.789. The Bertz CT molecular complexity index is 400. The molecule has 1 aliphatic rings. The minimum atomic E-state index is 0.423. The fraction of sp³-hybridized carbons (Fsp3) is 0.667. The van der Waals surface area contributed by atoms with Crippen LogP contribution in [0.15, 0.2) is 24.3 Å². The third-order valence-electron chi connectivity index (χ3n) is 4.32. The molecule has 1 aromatic carbocycles. The van der Waals surface area contributed by atoms with Gasteiger partial charge in [0.1, 0.15) is 0 Å². The summed E-state index contributed by atoms with van der Waals surface area (Å²) in [5.41, 5.74) is 1.32. The van der Waals surface area contributed by atoms with Gasteiger partial charge in [-0.1, -0.05) is 43.5 Å². The van der Waals surface area contributed by atoms with Crippen LogP contribution in [-0.2, 0) is 0 Å². The Balaban J connectivity index is 1.92. The molecule has 0 radical (unpaired) electrons. The van der Waals surface area contributed by atoms with Crippen LogP contribution in [0, 0.1) is 0 Å². The number of hydrogen-bond donors (Lipinski definition) is 1. The van der Waals surface area contributed by atoms with Gasteiger partial charge in [-0.15, -0.1) is 0 Å². The molecular weight excluding hydrogens is 280 g/mol. The topological polar surface area (TPSA) is 15.3 Å².